The Hall–Kier alpha value is -1.65. The van der Waals surface area contributed by atoms with Crippen LogP contribution in [0.15, 0.2) is 43.0 Å². The number of nitrogens with zero attached hydrogens (tertiary/aromatic N) is 1. The van der Waals surface area contributed by atoms with Crippen LogP contribution in [0.3, 0.4) is 0 Å². The number of carboxylic acid groups (broad SMARTS) is 1. The van der Waals surface area contributed by atoms with Gasteiger partial charge >= 0.3 is 5.97 Å². The van der Waals surface area contributed by atoms with Crippen LogP contribution in [0.1, 0.15) is 11.7 Å². The molecular formula is C13H17NO3. The lowest BCUT2D eigenvalue weighted by Crippen LogP contribution is -2.33. The molecule has 0 aliphatic rings. The second-order valence-electron chi connectivity index (χ2n) is 3.80. The minimum atomic E-state index is -0.910. The van der Waals surface area contributed by atoms with E-state index >= 15 is 0 Å². The Kier molecular flexibility index (Phi) is 5.39. The van der Waals surface area contributed by atoms with Crippen LogP contribution >= 0.6 is 0 Å². The van der Waals surface area contributed by atoms with Crippen LogP contribution in [-0.2, 0) is 4.79 Å². The van der Waals surface area contributed by atoms with Gasteiger partial charge in [-0.1, -0.05) is 36.4 Å². The van der Waals surface area contributed by atoms with Crippen molar-refractivity contribution < 1.29 is 15.0 Å². The second kappa shape index (κ2) is 6.83. The molecule has 1 rings (SSSR count). The van der Waals surface area contributed by atoms with E-state index in [4.69, 9.17) is 5.11 Å². The van der Waals surface area contributed by atoms with Crippen molar-refractivity contribution in [3.8, 4) is 0 Å². The zero-order chi connectivity index (χ0) is 12.7. The molecule has 0 saturated heterocycles. The van der Waals surface area contributed by atoms with Crippen LogP contribution in [-0.4, -0.2) is 40.7 Å². The molecule has 0 fully saturated rings. The number of hydrogen-bond acceptors (Lipinski definition) is 3. The third kappa shape index (κ3) is 4.80. The highest BCUT2D eigenvalue weighted by molar-refractivity contribution is 5.69. The lowest BCUT2D eigenvalue weighted by atomic mass is 10.1. The number of rotatable bonds is 7. The molecule has 0 spiro atoms. The molecule has 0 saturated carbocycles. The number of aliphatic hydroxyl groups is 1. The third-order valence-corrected chi connectivity index (χ3v) is 2.36. The van der Waals surface area contributed by atoms with Crippen molar-refractivity contribution in [2.45, 2.75) is 6.10 Å². The van der Waals surface area contributed by atoms with Crippen LogP contribution in [0.4, 0.5) is 0 Å². The quantitative estimate of drug-likeness (QED) is 0.699. The van der Waals surface area contributed by atoms with Crippen molar-refractivity contribution in [1.82, 2.24) is 4.90 Å². The van der Waals surface area contributed by atoms with Crippen molar-refractivity contribution in [2.75, 3.05) is 19.6 Å². The Bertz CT molecular complexity index is 364. The molecule has 0 bridgehead atoms. The van der Waals surface area contributed by atoms with Gasteiger partial charge < -0.3 is 10.2 Å². The highest BCUT2D eigenvalue weighted by Gasteiger charge is 2.14. The van der Waals surface area contributed by atoms with Gasteiger partial charge in [0, 0.05) is 13.1 Å². The minimum absolute atomic E-state index is 0.101. The molecule has 0 aliphatic carbocycles. The summed E-state index contributed by atoms with van der Waals surface area (Å²) in [7, 11) is 0. The van der Waals surface area contributed by atoms with E-state index < -0.39 is 12.1 Å². The maximum atomic E-state index is 10.6. The van der Waals surface area contributed by atoms with Crippen LogP contribution in [0.5, 0.6) is 0 Å². The molecule has 0 aromatic heterocycles. The number of aliphatic carboxylic acids is 1. The van der Waals surface area contributed by atoms with Gasteiger partial charge in [0.05, 0.1) is 12.6 Å². The lowest BCUT2D eigenvalue weighted by Gasteiger charge is -2.22. The maximum Gasteiger partial charge on any atom is 0.317 e. The molecule has 1 unspecified atom stereocenters. The van der Waals surface area contributed by atoms with E-state index in [9.17, 15) is 9.90 Å². The normalized spacial score (nSPS) is 12.4. The molecule has 1 aromatic rings. The summed E-state index contributed by atoms with van der Waals surface area (Å²) < 4.78 is 0. The number of hydrogen-bond donors (Lipinski definition) is 2. The fraction of sp³-hybridized carbons (Fsp3) is 0.308. The first-order valence-electron chi connectivity index (χ1n) is 5.41. The molecule has 92 valence electrons. The minimum Gasteiger partial charge on any atom is -0.480 e. The predicted octanol–water partition coefficient (Wildman–Crippen LogP) is 1.29. The van der Waals surface area contributed by atoms with E-state index in [1.54, 1.807) is 11.0 Å². The highest BCUT2D eigenvalue weighted by Crippen LogP contribution is 2.13. The molecule has 17 heavy (non-hydrogen) atoms. The molecule has 1 atom stereocenters. The molecule has 2 N–H and O–H groups in total. The average molecular weight is 235 g/mol. The number of carbonyl (C=O) groups is 1. The summed E-state index contributed by atoms with van der Waals surface area (Å²) in [6, 6.07) is 9.19. The van der Waals surface area contributed by atoms with Crippen molar-refractivity contribution in [2.24, 2.45) is 0 Å². The molecular weight excluding hydrogens is 218 g/mol. The Morgan fingerprint density at radius 3 is 2.59 bits per heavy atom. The van der Waals surface area contributed by atoms with Gasteiger partial charge in [-0.3, -0.25) is 9.69 Å². The van der Waals surface area contributed by atoms with Crippen molar-refractivity contribution in [1.29, 1.82) is 0 Å². The molecule has 0 amide bonds. The van der Waals surface area contributed by atoms with E-state index in [0.29, 0.717) is 6.54 Å². The number of aliphatic hydroxyl groups excluding tert-OH is 1. The molecule has 1 aromatic carbocycles. The monoisotopic (exact) mass is 235 g/mol. The second-order valence-corrected chi connectivity index (χ2v) is 3.80. The maximum absolute atomic E-state index is 10.6. The summed E-state index contributed by atoms with van der Waals surface area (Å²) in [5.74, 6) is -0.910. The van der Waals surface area contributed by atoms with Crippen LogP contribution < -0.4 is 0 Å². The standard InChI is InChI=1S/C13H17NO3/c1-2-8-14(10-13(16)17)9-12(15)11-6-4-3-5-7-11/h2-7,12,15H,1,8-10H2,(H,16,17). The van der Waals surface area contributed by atoms with E-state index in [0.717, 1.165) is 5.56 Å². The van der Waals surface area contributed by atoms with E-state index in [1.807, 2.05) is 30.3 Å². The Morgan fingerprint density at radius 2 is 2.06 bits per heavy atom. The van der Waals surface area contributed by atoms with E-state index in [-0.39, 0.29) is 13.1 Å². The van der Waals surface area contributed by atoms with Gasteiger partial charge in [-0.2, -0.15) is 0 Å². The van der Waals surface area contributed by atoms with Gasteiger partial charge in [-0.15, -0.1) is 6.58 Å². The third-order valence-electron chi connectivity index (χ3n) is 2.36. The molecule has 0 aliphatic heterocycles. The zero-order valence-corrected chi connectivity index (χ0v) is 9.62. The number of carboxylic acids is 1. The predicted molar refractivity (Wildman–Crippen MR) is 65.7 cm³/mol. The largest absolute Gasteiger partial charge is 0.480 e. The summed E-state index contributed by atoms with van der Waals surface area (Å²) in [6.45, 7) is 4.19. The Balaban J connectivity index is 2.60. The first-order chi connectivity index (χ1) is 8.13. The van der Waals surface area contributed by atoms with Gasteiger partial charge in [0.1, 0.15) is 0 Å². The summed E-state index contributed by atoms with van der Waals surface area (Å²) >= 11 is 0. The SMILES string of the molecule is C=CCN(CC(=O)O)CC(O)c1ccccc1. The first kappa shape index (κ1) is 13.4. The van der Waals surface area contributed by atoms with Crippen LogP contribution in [0.2, 0.25) is 0 Å². The molecule has 4 heteroatoms. The van der Waals surface area contributed by atoms with Crippen LogP contribution in [0, 0.1) is 0 Å². The fourth-order valence-corrected chi connectivity index (χ4v) is 1.60. The average Bonchev–Trinajstić information content (AvgIpc) is 2.29. The van der Waals surface area contributed by atoms with Crippen molar-refractivity contribution >= 4 is 5.97 Å². The molecule has 0 heterocycles. The van der Waals surface area contributed by atoms with Gasteiger partial charge in [0.2, 0.25) is 0 Å². The summed E-state index contributed by atoms with van der Waals surface area (Å²) in [4.78, 5) is 12.3. The number of benzene rings is 1. The van der Waals surface area contributed by atoms with E-state index in [2.05, 4.69) is 6.58 Å². The lowest BCUT2D eigenvalue weighted by molar-refractivity contribution is -0.138. The van der Waals surface area contributed by atoms with Gasteiger partial charge in [0.15, 0.2) is 0 Å². The summed E-state index contributed by atoms with van der Waals surface area (Å²) in [5, 5.41) is 18.7. The van der Waals surface area contributed by atoms with Gasteiger partial charge in [0.25, 0.3) is 0 Å². The molecule has 0 radical (unpaired) electrons. The first-order valence-corrected chi connectivity index (χ1v) is 5.41. The highest BCUT2D eigenvalue weighted by atomic mass is 16.4. The summed E-state index contributed by atoms with van der Waals surface area (Å²) in [5.41, 5.74) is 0.784. The Labute approximate surface area is 101 Å². The van der Waals surface area contributed by atoms with Gasteiger partial charge in [-0.05, 0) is 5.56 Å². The van der Waals surface area contributed by atoms with Crippen LogP contribution in [0.25, 0.3) is 0 Å². The van der Waals surface area contributed by atoms with Crippen molar-refractivity contribution in [3.05, 3.63) is 48.6 Å². The smallest absolute Gasteiger partial charge is 0.317 e. The molecule has 4 nitrogen and oxygen atoms in total. The van der Waals surface area contributed by atoms with Gasteiger partial charge in [-0.25, -0.2) is 0 Å². The van der Waals surface area contributed by atoms with E-state index in [1.165, 1.54) is 0 Å². The summed E-state index contributed by atoms with van der Waals surface area (Å²) in [6.07, 6.45) is 0.941. The Morgan fingerprint density at radius 1 is 1.41 bits per heavy atom. The topological polar surface area (TPSA) is 60.8 Å². The van der Waals surface area contributed by atoms with Crippen molar-refractivity contribution in [3.63, 3.8) is 0 Å². The zero-order valence-electron chi connectivity index (χ0n) is 9.62. The fourth-order valence-electron chi connectivity index (χ4n) is 1.60.